The van der Waals surface area contributed by atoms with E-state index in [1.807, 2.05) is 0 Å². The number of esters is 1. The van der Waals surface area contributed by atoms with E-state index in [9.17, 15) is 27.6 Å². The Morgan fingerprint density at radius 1 is 1.18 bits per heavy atom. The van der Waals surface area contributed by atoms with Crippen molar-refractivity contribution in [3.63, 3.8) is 0 Å². The lowest BCUT2D eigenvalue weighted by Crippen LogP contribution is -2.44. The third-order valence-corrected chi connectivity index (χ3v) is 3.15. The number of carbonyl (C=O) groups is 3. The first-order valence-corrected chi connectivity index (χ1v) is 7.70. The predicted octanol–water partition coefficient (Wildman–Crippen LogP) is 1.43. The van der Waals surface area contributed by atoms with Crippen molar-refractivity contribution in [1.82, 2.24) is 20.4 Å². The van der Waals surface area contributed by atoms with Gasteiger partial charge in [-0.1, -0.05) is 18.2 Å². The Kier molecular flexibility index (Phi) is 6.58. The zero-order chi connectivity index (χ0) is 20.7. The van der Waals surface area contributed by atoms with Gasteiger partial charge in [0.2, 0.25) is 5.69 Å². The van der Waals surface area contributed by atoms with Crippen LogP contribution in [0.15, 0.2) is 36.5 Å². The van der Waals surface area contributed by atoms with Gasteiger partial charge in [-0.3, -0.25) is 10.1 Å². The zero-order valence-corrected chi connectivity index (χ0v) is 14.4. The number of methoxy groups -OCH3 is 1. The van der Waals surface area contributed by atoms with Crippen LogP contribution >= 0.6 is 0 Å². The largest absolute Gasteiger partial charge is 0.493 e. The summed E-state index contributed by atoms with van der Waals surface area (Å²) in [5.74, 6) is -2.05. The lowest BCUT2D eigenvalue weighted by atomic mass is 10.3. The Hall–Kier alpha value is -3.57. The van der Waals surface area contributed by atoms with Crippen LogP contribution in [0.25, 0.3) is 5.69 Å². The molecule has 2 aromatic rings. The van der Waals surface area contributed by atoms with Gasteiger partial charge in [0.15, 0.2) is 12.4 Å². The van der Waals surface area contributed by atoms with E-state index in [4.69, 9.17) is 9.47 Å². The van der Waals surface area contributed by atoms with Gasteiger partial charge in [-0.05, 0) is 12.1 Å². The van der Waals surface area contributed by atoms with Crippen LogP contribution in [-0.4, -0.2) is 54.1 Å². The smallest absolute Gasteiger partial charge is 0.405 e. The number of alkyl halides is 3. The SMILES string of the molecule is COc1cn(-c2ccccc2)nc1C(=O)OCC(=O)NC(=O)NCC(F)(F)F. The Bertz CT molecular complexity index is 852. The van der Waals surface area contributed by atoms with Crippen LogP contribution in [0.3, 0.4) is 0 Å². The molecule has 0 fully saturated rings. The van der Waals surface area contributed by atoms with Crippen molar-refractivity contribution in [3.05, 3.63) is 42.2 Å². The average molecular weight is 400 g/mol. The fourth-order valence-corrected chi connectivity index (χ4v) is 1.95. The number of halogens is 3. The van der Waals surface area contributed by atoms with E-state index in [0.29, 0.717) is 5.69 Å². The molecule has 0 atom stereocenters. The summed E-state index contributed by atoms with van der Waals surface area (Å²) >= 11 is 0. The summed E-state index contributed by atoms with van der Waals surface area (Å²) in [4.78, 5) is 34.8. The summed E-state index contributed by atoms with van der Waals surface area (Å²) in [6.07, 6.45) is -3.20. The van der Waals surface area contributed by atoms with Crippen LogP contribution in [0.2, 0.25) is 0 Å². The van der Waals surface area contributed by atoms with Crippen molar-refractivity contribution in [2.45, 2.75) is 6.18 Å². The number of nitrogens with one attached hydrogen (secondary N) is 2. The number of amides is 3. The van der Waals surface area contributed by atoms with Gasteiger partial charge < -0.3 is 14.8 Å². The topological polar surface area (TPSA) is 112 Å². The van der Waals surface area contributed by atoms with E-state index < -0.39 is 37.2 Å². The van der Waals surface area contributed by atoms with Gasteiger partial charge in [0.1, 0.15) is 6.54 Å². The maximum Gasteiger partial charge on any atom is 0.405 e. The number of carbonyl (C=O) groups excluding carboxylic acids is 3. The number of para-hydroxylation sites is 1. The van der Waals surface area contributed by atoms with Crippen LogP contribution in [0.1, 0.15) is 10.5 Å². The molecule has 0 spiro atoms. The lowest BCUT2D eigenvalue weighted by Gasteiger charge is -2.09. The van der Waals surface area contributed by atoms with E-state index in [0.717, 1.165) is 0 Å². The van der Waals surface area contributed by atoms with Crippen LogP contribution in [0.4, 0.5) is 18.0 Å². The molecule has 28 heavy (non-hydrogen) atoms. The highest BCUT2D eigenvalue weighted by atomic mass is 19.4. The summed E-state index contributed by atoms with van der Waals surface area (Å²) in [6, 6.07) is 7.40. The molecule has 150 valence electrons. The zero-order valence-electron chi connectivity index (χ0n) is 14.4. The second-order valence-corrected chi connectivity index (χ2v) is 5.25. The van der Waals surface area contributed by atoms with Crippen LogP contribution in [0, 0.1) is 0 Å². The van der Waals surface area contributed by atoms with Crippen LogP contribution in [-0.2, 0) is 9.53 Å². The van der Waals surface area contributed by atoms with Crippen LogP contribution < -0.4 is 15.4 Å². The molecule has 2 N–H and O–H groups in total. The number of nitrogens with zero attached hydrogens (tertiary/aromatic N) is 2. The molecule has 0 aliphatic heterocycles. The number of benzene rings is 1. The minimum atomic E-state index is -4.62. The first-order valence-electron chi connectivity index (χ1n) is 7.70. The third kappa shape index (κ3) is 6.00. The van der Waals surface area contributed by atoms with E-state index in [-0.39, 0.29) is 11.4 Å². The quantitative estimate of drug-likeness (QED) is 0.710. The minimum absolute atomic E-state index is 0.0807. The number of imide groups is 1. The van der Waals surface area contributed by atoms with Crippen molar-refractivity contribution in [2.75, 3.05) is 20.3 Å². The standard InChI is InChI=1S/C16H15F3N4O5/c1-27-11-7-23(10-5-3-2-4-6-10)22-13(11)14(25)28-8-12(24)21-15(26)20-9-16(17,18)19/h2-7H,8-9H2,1H3,(H2,20,21,24,26). The van der Waals surface area contributed by atoms with Crippen molar-refractivity contribution in [2.24, 2.45) is 0 Å². The number of aromatic nitrogens is 2. The van der Waals surface area contributed by atoms with Gasteiger partial charge in [-0.25, -0.2) is 14.3 Å². The summed E-state index contributed by atoms with van der Waals surface area (Å²) < 4.78 is 47.0. The number of rotatable bonds is 6. The highest BCUT2D eigenvalue weighted by molar-refractivity contribution is 5.97. The first kappa shape index (κ1) is 20.7. The Morgan fingerprint density at radius 2 is 1.86 bits per heavy atom. The second-order valence-electron chi connectivity index (χ2n) is 5.25. The minimum Gasteiger partial charge on any atom is -0.493 e. The molecule has 2 rings (SSSR count). The summed E-state index contributed by atoms with van der Waals surface area (Å²) in [7, 11) is 1.31. The summed E-state index contributed by atoms with van der Waals surface area (Å²) in [5.41, 5.74) is 0.416. The Morgan fingerprint density at radius 3 is 2.46 bits per heavy atom. The van der Waals surface area contributed by atoms with Gasteiger partial charge >= 0.3 is 18.2 Å². The van der Waals surface area contributed by atoms with Crippen molar-refractivity contribution >= 4 is 17.9 Å². The number of hydrogen-bond donors (Lipinski definition) is 2. The molecule has 0 radical (unpaired) electrons. The molecule has 1 aromatic carbocycles. The average Bonchev–Trinajstić information content (AvgIpc) is 3.09. The van der Waals surface area contributed by atoms with Crippen molar-refractivity contribution < 1.29 is 37.0 Å². The molecule has 12 heteroatoms. The van der Waals surface area contributed by atoms with Crippen LogP contribution in [0.5, 0.6) is 5.75 Å². The van der Waals surface area contributed by atoms with Gasteiger partial charge in [0.05, 0.1) is 19.0 Å². The summed E-state index contributed by atoms with van der Waals surface area (Å²) in [6.45, 7) is -2.51. The van der Waals surface area contributed by atoms with Crippen molar-refractivity contribution in [3.8, 4) is 11.4 Å². The molecule has 0 bridgehead atoms. The molecular weight excluding hydrogens is 385 g/mol. The van der Waals surface area contributed by atoms with Gasteiger partial charge in [0, 0.05) is 0 Å². The Balaban J connectivity index is 1.93. The monoisotopic (exact) mass is 400 g/mol. The van der Waals surface area contributed by atoms with E-state index in [1.54, 1.807) is 35.6 Å². The third-order valence-electron chi connectivity index (χ3n) is 3.15. The molecule has 3 amide bonds. The van der Waals surface area contributed by atoms with E-state index in [1.165, 1.54) is 23.3 Å². The molecule has 0 saturated heterocycles. The maximum absolute atomic E-state index is 12.1. The first-order chi connectivity index (χ1) is 13.2. The normalized spacial score (nSPS) is 10.9. The van der Waals surface area contributed by atoms with Gasteiger partial charge in [0.25, 0.3) is 5.91 Å². The molecule has 0 unspecified atom stereocenters. The van der Waals surface area contributed by atoms with Crippen molar-refractivity contribution in [1.29, 1.82) is 0 Å². The molecule has 0 aliphatic carbocycles. The fraction of sp³-hybridized carbons (Fsp3) is 0.250. The molecule has 9 nitrogen and oxygen atoms in total. The lowest BCUT2D eigenvalue weighted by molar-refractivity contribution is -0.125. The highest BCUT2D eigenvalue weighted by Gasteiger charge is 2.28. The predicted molar refractivity (Wildman–Crippen MR) is 88.0 cm³/mol. The molecule has 0 saturated carbocycles. The second kappa shape index (κ2) is 8.88. The molecule has 1 aromatic heterocycles. The van der Waals surface area contributed by atoms with E-state index >= 15 is 0 Å². The number of hydrogen-bond acceptors (Lipinski definition) is 6. The molecule has 0 aliphatic rings. The number of ether oxygens (including phenoxy) is 2. The molecular formula is C16H15F3N4O5. The number of urea groups is 1. The molecule has 1 heterocycles. The summed E-state index contributed by atoms with van der Waals surface area (Å²) in [5, 5.41) is 7.06. The maximum atomic E-state index is 12.1. The van der Waals surface area contributed by atoms with E-state index in [2.05, 4.69) is 5.10 Å². The fourth-order valence-electron chi connectivity index (χ4n) is 1.95. The highest BCUT2D eigenvalue weighted by Crippen LogP contribution is 2.20. The Labute approximate surface area is 156 Å². The van der Waals surface area contributed by atoms with Gasteiger partial charge in [-0.15, -0.1) is 0 Å². The van der Waals surface area contributed by atoms with Gasteiger partial charge in [-0.2, -0.15) is 18.3 Å².